The lowest BCUT2D eigenvalue weighted by Crippen LogP contribution is -2.45. The van der Waals surface area contributed by atoms with E-state index in [-0.39, 0.29) is 5.91 Å². The Morgan fingerprint density at radius 3 is 2.67 bits per heavy atom. The van der Waals surface area contributed by atoms with Crippen molar-refractivity contribution in [1.82, 2.24) is 10.2 Å². The molecule has 0 atom stereocenters. The number of hydrogen-bond donors (Lipinski definition) is 2. The fourth-order valence-electron chi connectivity index (χ4n) is 4.19. The lowest BCUT2D eigenvalue weighted by atomic mass is 9.57. The molecule has 3 rings (SSSR count). The average molecular weight is 350 g/mol. The molecule has 1 aromatic rings. The van der Waals surface area contributed by atoms with E-state index in [0.717, 1.165) is 18.2 Å². The topological polar surface area (TPSA) is 44.4 Å². The average Bonchev–Trinajstić information content (AvgIpc) is 2.53. The Morgan fingerprint density at radius 1 is 1.33 bits per heavy atom. The highest BCUT2D eigenvalue weighted by Gasteiger charge is 2.43. The standard InChI is InChI=1S/C19H28ClN3O/c1-23(2)18(24)16-4-3-15(11-17(16)20)22-8-5-14-12-19(13-14)6-9-21-10-7-19/h3-4,11,14,21-22H,5-10,12-13H2,1-2H3. The molecule has 24 heavy (non-hydrogen) atoms. The van der Waals surface area contributed by atoms with E-state index >= 15 is 0 Å². The molecule has 1 aliphatic carbocycles. The van der Waals surface area contributed by atoms with E-state index < -0.39 is 0 Å². The third kappa shape index (κ3) is 3.86. The summed E-state index contributed by atoms with van der Waals surface area (Å²) < 4.78 is 0. The maximum atomic E-state index is 12.0. The van der Waals surface area contributed by atoms with E-state index in [0.29, 0.717) is 16.0 Å². The molecule has 1 heterocycles. The lowest BCUT2D eigenvalue weighted by Gasteiger charge is -2.50. The summed E-state index contributed by atoms with van der Waals surface area (Å²) in [5, 5.41) is 7.42. The fraction of sp³-hybridized carbons (Fsp3) is 0.632. The largest absolute Gasteiger partial charge is 0.385 e. The van der Waals surface area contributed by atoms with Crippen LogP contribution in [0.2, 0.25) is 5.02 Å². The van der Waals surface area contributed by atoms with Crippen molar-refractivity contribution in [2.45, 2.75) is 32.1 Å². The number of anilines is 1. The number of rotatable bonds is 5. The van der Waals surface area contributed by atoms with Crippen LogP contribution in [0.25, 0.3) is 0 Å². The highest BCUT2D eigenvalue weighted by atomic mass is 35.5. The van der Waals surface area contributed by atoms with Crippen LogP contribution >= 0.6 is 11.6 Å². The summed E-state index contributed by atoms with van der Waals surface area (Å²) in [5.74, 6) is 0.800. The molecule has 1 aliphatic heterocycles. The zero-order valence-electron chi connectivity index (χ0n) is 14.7. The van der Waals surface area contributed by atoms with E-state index in [9.17, 15) is 4.79 Å². The van der Waals surface area contributed by atoms with Gasteiger partial charge in [0.05, 0.1) is 10.6 Å². The number of halogens is 1. The number of carbonyl (C=O) groups excluding carboxylic acids is 1. The molecule has 1 amide bonds. The summed E-state index contributed by atoms with van der Waals surface area (Å²) >= 11 is 6.25. The van der Waals surface area contributed by atoms with E-state index in [1.807, 2.05) is 12.1 Å². The zero-order valence-corrected chi connectivity index (χ0v) is 15.5. The second-order valence-electron chi connectivity index (χ2n) is 7.63. The molecule has 132 valence electrons. The first-order valence-electron chi connectivity index (χ1n) is 8.95. The van der Waals surface area contributed by atoms with E-state index in [2.05, 4.69) is 10.6 Å². The minimum atomic E-state index is -0.0618. The van der Waals surface area contributed by atoms with Gasteiger partial charge in [0, 0.05) is 26.3 Å². The first kappa shape index (κ1) is 17.6. The summed E-state index contributed by atoms with van der Waals surface area (Å²) in [6.45, 7) is 3.36. The van der Waals surface area contributed by atoms with Crippen molar-refractivity contribution < 1.29 is 4.79 Å². The van der Waals surface area contributed by atoms with Crippen molar-refractivity contribution in [2.24, 2.45) is 11.3 Å². The van der Waals surface area contributed by atoms with Crippen LogP contribution in [0.4, 0.5) is 5.69 Å². The van der Waals surface area contributed by atoms with Crippen molar-refractivity contribution in [3.63, 3.8) is 0 Å². The van der Waals surface area contributed by atoms with Gasteiger partial charge in [-0.05, 0) is 74.7 Å². The zero-order chi connectivity index (χ0) is 17.2. The third-order valence-electron chi connectivity index (χ3n) is 5.59. The van der Waals surface area contributed by atoms with Gasteiger partial charge in [0.2, 0.25) is 0 Å². The second-order valence-corrected chi connectivity index (χ2v) is 8.04. The molecule has 4 nitrogen and oxygen atoms in total. The molecule has 0 bridgehead atoms. The van der Waals surface area contributed by atoms with Crippen LogP contribution in [0.1, 0.15) is 42.5 Å². The highest BCUT2D eigenvalue weighted by Crippen LogP contribution is 2.52. The van der Waals surface area contributed by atoms with Gasteiger partial charge in [0.15, 0.2) is 0 Å². The molecular formula is C19H28ClN3O. The predicted octanol–water partition coefficient (Wildman–Crippen LogP) is 3.62. The van der Waals surface area contributed by atoms with Crippen LogP contribution in [-0.2, 0) is 0 Å². The molecule has 2 N–H and O–H groups in total. The molecule has 0 unspecified atom stereocenters. The quantitative estimate of drug-likeness (QED) is 0.853. The van der Waals surface area contributed by atoms with Gasteiger partial charge in [0.1, 0.15) is 0 Å². The normalized spacial score (nSPS) is 19.8. The summed E-state index contributed by atoms with van der Waals surface area (Å²) in [6.07, 6.45) is 6.72. The van der Waals surface area contributed by atoms with Crippen molar-refractivity contribution in [2.75, 3.05) is 39.0 Å². The lowest BCUT2D eigenvalue weighted by molar-refractivity contribution is 0.0193. The Hall–Kier alpha value is -1.26. The number of benzene rings is 1. The van der Waals surface area contributed by atoms with E-state index in [1.54, 1.807) is 25.1 Å². The maximum absolute atomic E-state index is 12.0. The second kappa shape index (κ2) is 7.32. The number of nitrogens with one attached hydrogen (secondary N) is 2. The summed E-state index contributed by atoms with van der Waals surface area (Å²) in [4.78, 5) is 13.5. The van der Waals surface area contributed by atoms with Crippen molar-refractivity contribution >= 4 is 23.2 Å². The van der Waals surface area contributed by atoms with Gasteiger partial charge in [-0.1, -0.05) is 11.6 Å². The van der Waals surface area contributed by atoms with Crippen LogP contribution in [-0.4, -0.2) is 44.5 Å². The van der Waals surface area contributed by atoms with Crippen LogP contribution in [0.3, 0.4) is 0 Å². The third-order valence-corrected chi connectivity index (χ3v) is 5.91. The molecule has 5 heteroatoms. The molecule has 1 saturated heterocycles. The Labute approximate surface area is 149 Å². The molecule has 1 spiro atoms. The summed E-state index contributed by atoms with van der Waals surface area (Å²) in [5.41, 5.74) is 2.21. The Bertz CT molecular complexity index is 588. The van der Waals surface area contributed by atoms with Crippen molar-refractivity contribution in [1.29, 1.82) is 0 Å². The van der Waals surface area contributed by atoms with Crippen LogP contribution in [0.5, 0.6) is 0 Å². The molecule has 2 fully saturated rings. The van der Waals surface area contributed by atoms with Gasteiger partial charge in [0.25, 0.3) is 5.91 Å². The molecule has 2 aliphatic rings. The van der Waals surface area contributed by atoms with E-state index in [4.69, 9.17) is 11.6 Å². The summed E-state index contributed by atoms with van der Waals surface area (Å²) in [6, 6.07) is 5.60. The number of amides is 1. The molecule has 1 saturated carbocycles. The Balaban J connectivity index is 1.44. The van der Waals surface area contributed by atoms with Crippen LogP contribution in [0.15, 0.2) is 18.2 Å². The van der Waals surface area contributed by atoms with Gasteiger partial charge in [-0.25, -0.2) is 0 Å². The smallest absolute Gasteiger partial charge is 0.254 e. The van der Waals surface area contributed by atoms with Gasteiger partial charge < -0.3 is 15.5 Å². The Kier molecular flexibility index (Phi) is 5.36. The van der Waals surface area contributed by atoms with Crippen LogP contribution < -0.4 is 10.6 Å². The van der Waals surface area contributed by atoms with Crippen molar-refractivity contribution in [3.8, 4) is 0 Å². The minimum Gasteiger partial charge on any atom is -0.385 e. The van der Waals surface area contributed by atoms with Crippen LogP contribution in [0, 0.1) is 11.3 Å². The van der Waals surface area contributed by atoms with Gasteiger partial charge in [-0.3, -0.25) is 4.79 Å². The molecular weight excluding hydrogens is 322 g/mol. The van der Waals surface area contributed by atoms with Gasteiger partial charge in [-0.2, -0.15) is 0 Å². The van der Waals surface area contributed by atoms with Gasteiger partial charge in [-0.15, -0.1) is 0 Å². The summed E-state index contributed by atoms with van der Waals surface area (Å²) in [7, 11) is 3.47. The Morgan fingerprint density at radius 2 is 2.04 bits per heavy atom. The first-order valence-corrected chi connectivity index (χ1v) is 9.33. The number of hydrogen-bond acceptors (Lipinski definition) is 3. The van der Waals surface area contributed by atoms with E-state index in [1.165, 1.54) is 45.2 Å². The number of piperidine rings is 1. The highest BCUT2D eigenvalue weighted by molar-refractivity contribution is 6.34. The fourth-order valence-corrected chi connectivity index (χ4v) is 4.46. The number of carbonyl (C=O) groups is 1. The molecule has 0 aromatic heterocycles. The monoisotopic (exact) mass is 349 g/mol. The molecule has 0 radical (unpaired) electrons. The van der Waals surface area contributed by atoms with Gasteiger partial charge >= 0.3 is 0 Å². The SMILES string of the molecule is CN(C)C(=O)c1ccc(NCCC2CC3(CCNCC3)C2)cc1Cl. The first-order chi connectivity index (χ1) is 11.5. The van der Waals surface area contributed by atoms with Crippen molar-refractivity contribution in [3.05, 3.63) is 28.8 Å². The number of nitrogens with zero attached hydrogens (tertiary/aromatic N) is 1. The predicted molar refractivity (Wildman–Crippen MR) is 99.8 cm³/mol. The maximum Gasteiger partial charge on any atom is 0.254 e. The minimum absolute atomic E-state index is 0.0618. The molecule has 1 aromatic carbocycles.